The highest BCUT2D eigenvalue weighted by atomic mass is 14.2. The predicted octanol–water partition coefficient (Wildman–Crippen LogP) is 7.91. The Morgan fingerprint density at radius 2 is 1.07 bits per heavy atom. The fraction of sp³-hybridized carbons (Fsp3) is 0.222. The van der Waals surface area contributed by atoms with Gasteiger partial charge in [-0.05, 0) is 39.1 Å². The summed E-state index contributed by atoms with van der Waals surface area (Å²) in [5.74, 6) is 0.448. The van der Waals surface area contributed by atoms with E-state index in [1.54, 1.807) is 0 Å². The Bertz CT molecular complexity index is 949. The van der Waals surface area contributed by atoms with Crippen LogP contribution in [0.4, 0.5) is 0 Å². The van der Waals surface area contributed by atoms with E-state index in [4.69, 9.17) is 0 Å². The Hall–Kier alpha value is -2.60. The molecule has 0 aliphatic heterocycles. The molecule has 0 amide bonds. The Balaban J connectivity index is 1.72. The smallest absolute Gasteiger partial charge is 0.00897 e. The molecular weight excluding hydrogens is 324 g/mol. The van der Waals surface area contributed by atoms with Crippen molar-refractivity contribution in [1.82, 2.24) is 0 Å². The number of rotatable bonds is 7. The van der Waals surface area contributed by atoms with Crippen molar-refractivity contribution in [2.45, 2.75) is 38.0 Å². The van der Waals surface area contributed by atoms with Gasteiger partial charge in [0, 0.05) is 5.92 Å². The van der Waals surface area contributed by atoms with Crippen LogP contribution in [0.2, 0.25) is 0 Å². The van der Waals surface area contributed by atoms with Gasteiger partial charge in [-0.3, -0.25) is 0 Å². The first-order chi connectivity index (χ1) is 13.3. The van der Waals surface area contributed by atoms with Crippen molar-refractivity contribution in [3.05, 3.63) is 103 Å². The fourth-order valence-corrected chi connectivity index (χ4v) is 4.08. The molecule has 0 saturated heterocycles. The van der Waals surface area contributed by atoms with E-state index in [1.165, 1.54) is 58.4 Å². The molecule has 0 aromatic heterocycles. The molecule has 0 unspecified atom stereocenters. The second-order valence-electron chi connectivity index (χ2n) is 7.47. The second-order valence-corrected chi connectivity index (χ2v) is 7.47. The molecule has 0 nitrogen and oxygen atoms in total. The van der Waals surface area contributed by atoms with E-state index in [0.29, 0.717) is 5.92 Å². The van der Waals surface area contributed by atoms with Crippen LogP contribution in [-0.4, -0.2) is 0 Å². The number of fused-ring (bicyclic) bond motifs is 2. The van der Waals surface area contributed by atoms with E-state index in [9.17, 15) is 0 Å². The Morgan fingerprint density at radius 3 is 1.59 bits per heavy atom. The quantitative estimate of drug-likeness (QED) is 0.297. The normalized spacial score (nSPS) is 11.5. The topological polar surface area (TPSA) is 0 Å². The van der Waals surface area contributed by atoms with E-state index in [0.717, 1.165) is 6.42 Å². The summed E-state index contributed by atoms with van der Waals surface area (Å²) in [6.07, 6.45) is 5.97. The van der Waals surface area contributed by atoms with Crippen LogP contribution in [0.5, 0.6) is 0 Å². The van der Waals surface area contributed by atoms with E-state index in [1.807, 2.05) is 0 Å². The maximum atomic E-state index is 3.99. The lowest BCUT2D eigenvalue weighted by Crippen LogP contribution is -2.02. The lowest BCUT2D eigenvalue weighted by molar-refractivity contribution is 0.605. The molecule has 0 atom stereocenters. The van der Waals surface area contributed by atoms with Crippen LogP contribution < -0.4 is 0 Å². The van der Waals surface area contributed by atoms with Crippen molar-refractivity contribution >= 4 is 21.5 Å². The van der Waals surface area contributed by atoms with Gasteiger partial charge in [-0.1, -0.05) is 118 Å². The summed E-state index contributed by atoms with van der Waals surface area (Å²) in [5, 5.41) is 5.29. The monoisotopic (exact) mass is 351 g/mol. The predicted molar refractivity (Wildman–Crippen MR) is 118 cm³/mol. The van der Waals surface area contributed by atoms with Crippen LogP contribution in [0, 0.1) is 6.92 Å². The maximum Gasteiger partial charge on any atom is 0.00897 e. The Morgan fingerprint density at radius 1 is 0.556 bits per heavy atom. The van der Waals surface area contributed by atoms with Gasteiger partial charge in [-0.15, -0.1) is 0 Å². The van der Waals surface area contributed by atoms with Gasteiger partial charge in [-0.25, -0.2) is 0 Å². The van der Waals surface area contributed by atoms with Gasteiger partial charge in [-0.2, -0.15) is 0 Å². The molecule has 0 fully saturated rings. The van der Waals surface area contributed by atoms with Crippen molar-refractivity contribution in [1.29, 1.82) is 0 Å². The minimum atomic E-state index is 0.448. The van der Waals surface area contributed by atoms with E-state index in [-0.39, 0.29) is 0 Å². The summed E-state index contributed by atoms with van der Waals surface area (Å²) in [4.78, 5) is 0. The van der Waals surface area contributed by atoms with Crippen molar-refractivity contribution in [2.75, 3.05) is 0 Å². The van der Waals surface area contributed by atoms with Crippen LogP contribution >= 0.6 is 0 Å². The highest BCUT2D eigenvalue weighted by Gasteiger charge is 2.15. The lowest BCUT2D eigenvalue weighted by atomic mass is 9.85. The van der Waals surface area contributed by atoms with Gasteiger partial charge in [0.05, 0.1) is 0 Å². The maximum absolute atomic E-state index is 3.99. The van der Waals surface area contributed by atoms with E-state index in [2.05, 4.69) is 91.9 Å². The van der Waals surface area contributed by atoms with Crippen molar-refractivity contribution in [3.63, 3.8) is 0 Å². The van der Waals surface area contributed by atoms with Gasteiger partial charge in [0.25, 0.3) is 0 Å². The molecule has 27 heavy (non-hydrogen) atoms. The van der Waals surface area contributed by atoms with Crippen molar-refractivity contribution in [3.8, 4) is 0 Å². The average molecular weight is 352 g/mol. The molecule has 4 aromatic rings. The third-order valence-corrected chi connectivity index (χ3v) is 5.59. The first-order valence-electron chi connectivity index (χ1n) is 10.1. The summed E-state index contributed by atoms with van der Waals surface area (Å²) in [6.45, 7) is 3.99. The molecule has 0 aliphatic carbocycles. The highest BCUT2D eigenvalue weighted by Crippen LogP contribution is 2.33. The van der Waals surface area contributed by atoms with Gasteiger partial charge in [0.15, 0.2) is 0 Å². The van der Waals surface area contributed by atoms with Crippen molar-refractivity contribution in [2.24, 2.45) is 0 Å². The van der Waals surface area contributed by atoms with Crippen LogP contribution in [0.3, 0.4) is 0 Å². The zero-order valence-electron chi connectivity index (χ0n) is 15.9. The molecule has 1 radical (unpaired) electrons. The molecule has 0 spiro atoms. The number of benzene rings is 4. The molecular formula is C27H27. The summed E-state index contributed by atoms with van der Waals surface area (Å²) < 4.78 is 0. The molecule has 0 bridgehead atoms. The molecule has 135 valence electrons. The van der Waals surface area contributed by atoms with Crippen LogP contribution in [0.1, 0.15) is 49.1 Å². The van der Waals surface area contributed by atoms with Gasteiger partial charge in [0.1, 0.15) is 0 Å². The molecule has 0 saturated carbocycles. The Kier molecular flexibility index (Phi) is 5.53. The summed E-state index contributed by atoms with van der Waals surface area (Å²) in [6, 6.07) is 31.3. The summed E-state index contributed by atoms with van der Waals surface area (Å²) in [7, 11) is 0. The number of hydrogen-bond donors (Lipinski definition) is 0. The number of hydrogen-bond acceptors (Lipinski definition) is 0. The molecule has 4 aromatic carbocycles. The molecule has 0 N–H and O–H groups in total. The molecule has 0 heteroatoms. The first-order valence-corrected chi connectivity index (χ1v) is 10.1. The fourth-order valence-electron chi connectivity index (χ4n) is 4.08. The zero-order valence-corrected chi connectivity index (χ0v) is 15.9. The third kappa shape index (κ3) is 4.06. The first kappa shape index (κ1) is 17.8. The molecule has 0 aliphatic rings. The van der Waals surface area contributed by atoms with Crippen molar-refractivity contribution < 1.29 is 0 Å². The molecule has 4 rings (SSSR count). The SMILES string of the molecule is [CH2]CCCCCC(c1ccc2ccccc2c1)c1ccc2ccccc2c1. The van der Waals surface area contributed by atoms with E-state index >= 15 is 0 Å². The van der Waals surface area contributed by atoms with Crippen LogP contribution in [0.25, 0.3) is 21.5 Å². The molecule has 0 heterocycles. The second kappa shape index (κ2) is 8.39. The zero-order chi connectivity index (χ0) is 18.5. The van der Waals surface area contributed by atoms with Gasteiger partial charge < -0.3 is 0 Å². The number of unbranched alkanes of at least 4 members (excludes halogenated alkanes) is 3. The lowest BCUT2D eigenvalue weighted by Gasteiger charge is -2.19. The summed E-state index contributed by atoms with van der Waals surface area (Å²) in [5.41, 5.74) is 2.86. The van der Waals surface area contributed by atoms with Gasteiger partial charge in [0.2, 0.25) is 0 Å². The standard InChI is InChI=1S/C27H27/c1-2-3-4-5-14-27(25-17-15-21-10-6-8-12-23(21)19-25)26-18-16-22-11-7-9-13-24(22)20-26/h6-13,15-20,27H,1-5,14H2. The highest BCUT2D eigenvalue weighted by molar-refractivity contribution is 5.84. The minimum Gasteiger partial charge on any atom is -0.0616 e. The largest absolute Gasteiger partial charge is 0.0616 e. The third-order valence-electron chi connectivity index (χ3n) is 5.59. The Labute approximate surface area is 162 Å². The van der Waals surface area contributed by atoms with Crippen LogP contribution in [0.15, 0.2) is 84.9 Å². The minimum absolute atomic E-state index is 0.448. The summed E-state index contributed by atoms with van der Waals surface area (Å²) >= 11 is 0. The average Bonchev–Trinajstić information content (AvgIpc) is 2.73. The van der Waals surface area contributed by atoms with E-state index < -0.39 is 0 Å². The van der Waals surface area contributed by atoms with Crippen LogP contribution in [-0.2, 0) is 0 Å². The van der Waals surface area contributed by atoms with Gasteiger partial charge >= 0.3 is 0 Å².